The maximum atomic E-state index is 11.0. The Kier molecular flexibility index (Phi) is 3.18. The summed E-state index contributed by atoms with van der Waals surface area (Å²) in [5.74, 6) is -1.03. The van der Waals surface area contributed by atoms with Crippen LogP contribution >= 0.6 is 0 Å². The average Bonchev–Trinajstić information content (AvgIpc) is 2.15. The third kappa shape index (κ3) is 2.86. The van der Waals surface area contributed by atoms with Crippen molar-refractivity contribution in [3.8, 4) is 0 Å². The maximum absolute atomic E-state index is 11.0. The molecule has 0 atom stereocenters. The summed E-state index contributed by atoms with van der Waals surface area (Å²) in [6.45, 7) is 1.47. The van der Waals surface area contributed by atoms with Gasteiger partial charge in [-0.3, -0.25) is 4.79 Å². The van der Waals surface area contributed by atoms with Gasteiger partial charge >= 0.3 is 5.97 Å². The monoisotopic (exact) mass is 190 g/mol. The number of Topliss-reactive ketones (excluding diaryl/α,β-unsaturated/α-hetero) is 1. The van der Waals surface area contributed by atoms with Crippen molar-refractivity contribution in [1.29, 1.82) is 0 Å². The van der Waals surface area contributed by atoms with Crippen molar-refractivity contribution in [2.45, 2.75) is 6.92 Å². The molecular weight excluding hydrogens is 180 g/mol. The molecule has 3 heteroatoms. The summed E-state index contributed by atoms with van der Waals surface area (Å²) in [4.78, 5) is 21.2. The Labute approximate surface area is 81.7 Å². The van der Waals surface area contributed by atoms with Crippen LogP contribution in [0.25, 0.3) is 6.08 Å². The number of hydrogen-bond donors (Lipinski definition) is 1. The number of hydrogen-bond acceptors (Lipinski definition) is 2. The number of aliphatic carboxylic acids is 1. The highest BCUT2D eigenvalue weighted by Crippen LogP contribution is 2.07. The van der Waals surface area contributed by atoms with Crippen LogP contribution < -0.4 is 0 Å². The van der Waals surface area contributed by atoms with E-state index in [2.05, 4.69) is 0 Å². The van der Waals surface area contributed by atoms with Crippen LogP contribution in [0, 0.1) is 0 Å². The molecule has 0 aliphatic rings. The SMILES string of the molecule is CC(=O)c1cccc(/C=C/C(=O)O)c1. The van der Waals surface area contributed by atoms with E-state index in [-0.39, 0.29) is 5.78 Å². The van der Waals surface area contributed by atoms with E-state index >= 15 is 0 Å². The Morgan fingerprint density at radius 3 is 2.64 bits per heavy atom. The van der Waals surface area contributed by atoms with Crippen LogP contribution in [-0.4, -0.2) is 16.9 Å². The van der Waals surface area contributed by atoms with Gasteiger partial charge in [0.25, 0.3) is 0 Å². The van der Waals surface area contributed by atoms with Crippen LogP contribution in [0.5, 0.6) is 0 Å². The molecule has 0 unspecified atom stereocenters. The zero-order valence-corrected chi connectivity index (χ0v) is 7.73. The smallest absolute Gasteiger partial charge is 0.328 e. The lowest BCUT2D eigenvalue weighted by molar-refractivity contribution is -0.131. The fraction of sp³-hybridized carbons (Fsp3) is 0.0909. The molecule has 0 saturated heterocycles. The Morgan fingerprint density at radius 2 is 2.07 bits per heavy atom. The number of rotatable bonds is 3. The standard InChI is InChI=1S/C11H10O3/c1-8(12)10-4-2-3-9(7-10)5-6-11(13)14/h2-7H,1H3,(H,13,14)/b6-5+. The van der Waals surface area contributed by atoms with Crippen LogP contribution in [0.1, 0.15) is 22.8 Å². The fourth-order valence-electron chi connectivity index (χ4n) is 1.03. The molecule has 0 aromatic heterocycles. The van der Waals surface area contributed by atoms with E-state index in [1.165, 1.54) is 13.0 Å². The minimum atomic E-state index is -1.00. The van der Waals surface area contributed by atoms with Gasteiger partial charge in [0.2, 0.25) is 0 Å². The van der Waals surface area contributed by atoms with Crippen molar-refractivity contribution in [1.82, 2.24) is 0 Å². The number of ketones is 1. The summed E-state index contributed by atoms with van der Waals surface area (Å²) in [5, 5.41) is 8.40. The van der Waals surface area contributed by atoms with E-state index in [9.17, 15) is 9.59 Å². The minimum Gasteiger partial charge on any atom is -0.478 e. The predicted octanol–water partition coefficient (Wildman–Crippen LogP) is 1.99. The molecule has 0 saturated carbocycles. The molecule has 0 amide bonds. The van der Waals surface area contributed by atoms with E-state index in [0.29, 0.717) is 11.1 Å². The molecular formula is C11H10O3. The first-order valence-electron chi connectivity index (χ1n) is 4.11. The Bertz CT molecular complexity index is 391. The topological polar surface area (TPSA) is 54.4 Å². The van der Waals surface area contributed by atoms with Crippen molar-refractivity contribution in [3.05, 3.63) is 41.5 Å². The first-order chi connectivity index (χ1) is 6.59. The van der Waals surface area contributed by atoms with E-state index < -0.39 is 5.97 Å². The second-order valence-corrected chi connectivity index (χ2v) is 2.85. The zero-order valence-electron chi connectivity index (χ0n) is 7.73. The van der Waals surface area contributed by atoms with Gasteiger partial charge < -0.3 is 5.11 Å². The fourth-order valence-corrected chi connectivity index (χ4v) is 1.03. The largest absolute Gasteiger partial charge is 0.478 e. The van der Waals surface area contributed by atoms with Crippen LogP contribution in [0.3, 0.4) is 0 Å². The molecule has 1 N–H and O–H groups in total. The minimum absolute atomic E-state index is 0.0319. The van der Waals surface area contributed by atoms with Gasteiger partial charge in [0.15, 0.2) is 5.78 Å². The van der Waals surface area contributed by atoms with Crippen LogP contribution in [-0.2, 0) is 4.79 Å². The van der Waals surface area contributed by atoms with Gasteiger partial charge in [0, 0.05) is 11.6 Å². The molecule has 0 radical (unpaired) electrons. The number of carbonyl (C=O) groups excluding carboxylic acids is 1. The quantitative estimate of drug-likeness (QED) is 0.585. The van der Waals surface area contributed by atoms with E-state index in [0.717, 1.165) is 6.08 Å². The number of carbonyl (C=O) groups is 2. The van der Waals surface area contributed by atoms with Crippen LogP contribution in [0.4, 0.5) is 0 Å². The summed E-state index contributed by atoms with van der Waals surface area (Å²) in [6.07, 6.45) is 2.49. The van der Waals surface area contributed by atoms with Crippen molar-refractivity contribution >= 4 is 17.8 Å². The molecule has 0 bridgehead atoms. The molecule has 3 nitrogen and oxygen atoms in total. The molecule has 0 aliphatic carbocycles. The van der Waals surface area contributed by atoms with E-state index in [1.807, 2.05) is 0 Å². The average molecular weight is 190 g/mol. The summed E-state index contributed by atoms with van der Waals surface area (Å²) in [5.41, 5.74) is 1.29. The summed E-state index contributed by atoms with van der Waals surface area (Å²) in [6, 6.07) is 6.81. The van der Waals surface area contributed by atoms with Crippen molar-refractivity contribution in [2.75, 3.05) is 0 Å². The maximum Gasteiger partial charge on any atom is 0.328 e. The van der Waals surface area contributed by atoms with Gasteiger partial charge in [-0.1, -0.05) is 18.2 Å². The van der Waals surface area contributed by atoms with Gasteiger partial charge in [-0.05, 0) is 24.6 Å². The second kappa shape index (κ2) is 4.37. The number of benzene rings is 1. The Balaban J connectivity index is 2.94. The van der Waals surface area contributed by atoms with E-state index in [4.69, 9.17) is 5.11 Å². The Hall–Kier alpha value is -1.90. The second-order valence-electron chi connectivity index (χ2n) is 2.85. The highest BCUT2D eigenvalue weighted by Gasteiger charge is 1.98. The molecule has 1 aromatic rings. The van der Waals surface area contributed by atoms with E-state index in [1.54, 1.807) is 24.3 Å². The molecule has 0 aliphatic heterocycles. The van der Waals surface area contributed by atoms with Crippen molar-refractivity contribution < 1.29 is 14.7 Å². The normalized spacial score (nSPS) is 10.4. The first kappa shape index (κ1) is 10.2. The summed E-state index contributed by atoms with van der Waals surface area (Å²) >= 11 is 0. The van der Waals surface area contributed by atoms with Gasteiger partial charge in [0.1, 0.15) is 0 Å². The predicted molar refractivity (Wildman–Crippen MR) is 53.1 cm³/mol. The van der Waals surface area contributed by atoms with Gasteiger partial charge in [-0.2, -0.15) is 0 Å². The van der Waals surface area contributed by atoms with Gasteiger partial charge in [-0.25, -0.2) is 4.79 Å². The lowest BCUT2D eigenvalue weighted by Gasteiger charge is -1.96. The highest BCUT2D eigenvalue weighted by molar-refractivity contribution is 5.95. The van der Waals surface area contributed by atoms with Crippen LogP contribution in [0.2, 0.25) is 0 Å². The molecule has 0 heterocycles. The Morgan fingerprint density at radius 1 is 1.36 bits per heavy atom. The zero-order chi connectivity index (χ0) is 10.6. The van der Waals surface area contributed by atoms with Gasteiger partial charge in [-0.15, -0.1) is 0 Å². The van der Waals surface area contributed by atoms with Gasteiger partial charge in [0.05, 0.1) is 0 Å². The molecule has 0 spiro atoms. The molecule has 72 valence electrons. The van der Waals surface area contributed by atoms with Crippen molar-refractivity contribution in [2.24, 2.45) is 0 Å². The summed E-state index contributed by atoms with van der Waals surface area (Å²) < 4.78 is 0. The molecule has 0 fully saturated rings. The third-order valence-corrected chi connectivity index (χ3v) is 1.71. The highest BCUT2D eigenvalue weighted by atomic mass is 16.4. The van der Waals surface area contributed by atoms with Crippen molar-refractivity contribution in [3.63, 3.8) is 0 Å². The molecule has 1 rings (SSSR count). The number of carboxylic acid groups (broad SMARTS) is 1. The van der Waals surface area contributed by atoms with Crippen LogP contribution in [0.15, 0.2) is 30.3 Å². The molecule has 1 aromatic carbocycles. The summed E-state index contributed by atoms with van der Waals surface area (Å²) in [7, 11) is 0. The lowest BCUT2D eigenvalue weighted by Crippen LogP contribution is -1.91. The number of carboxylic acids is 1. The molecule has 14 heavy (non-hydrogen) atoms. The lowest BCUT2D eigenvalue weighted by atomic mass is 10.1. The first-order valence-corrected chi connectivity index (χ1v) is 4.11. The third-order valence-electron chi connectivity index (χ3n) is 1.71.